The summed E-state index contributed by atoms with van der Waals surface area (Å²) in [5, 5.41) is 0. The predicted octanol–water partition coefficient (Wildman–Crippen LogP) is 5.62. The van der Waals surface area contributed by atoms with E-state index in [1.54, 1.807) is 0 Å². The van der Waals surface area contributed by atoms with Gasteiger partial charge in [0.05, 0.1) is 0 Å². The van der Waals surface area contributed by atoms with Crippen molar-refractivity contribution in [2.24, 2.45) is 0 Å². The summed E-state index contributed by atoms with van der Waals surface area (Å²) >= 11 is 7.28. The van der Waals surface area contributed by atoms with E-state index in [-0.39, 0.29) is 0 Å². The second-order valence-corrected chi connectivity index (χ2v) is 15.7. The number of hydrogen-bond donors (Lipinski definition) is 0. The Morgan fingerprint density at radius 2 is 1.00 bits per heavy atom. The topological polar surface area (TPSA) is 0 Å². The monoisotopic (exact) mass is 262 g/mol. The van der Waals surface area contributed by atoms with Crippen molar-refractivity contribution in [3.05, 3.63) is 0 Å². The van der Waals surface area contributed by atoms with Gasteiger partial charge in [-0.15, -0.1) is 0 Å². The summed E-state index contributed by atoms with van der Waals surface area (Å²) in [7, 11) is 0. The molecule has 0 aromatic carbocycles. The third-order valence-electron chi connectivity index (χ3n) is 5.31. The zero-order valence-electron chi connectivity index (χ0n) is 11.1. The van der Waals surface area contributed by atoms with Gasteiger partial charge in [-0.05, 0) is 0 Å². The van der Waals surface area contributed by atoms with Crippen LogP contribution < -0.4 is 0 Å². The van der Waals surface area contributed by atoms with Crippen molar-refractivity contribution in [1.29, 1.82) is 0 Å². The molecule has 0 atom stereocenters. The Bertz CT molecular complexity index is 207. The van der Waals surface area contributed by atoms with Gasteiger partial charge >= 0.3 is 106 Å². The van der Waals surface area contributed by atoms with Crippen LogP contribution in [0.2, 0.25) is 0 Å². The molecule has 2 rings (SSSR count). The Balaban J connectivity index is 2.10. The first-order chi connectivity index (χ1) is 7.49. The molecule has 0 bridgehead atoms. The molecule has 0 radical (unpaired) electrons. The summed E-state index contributed by atoms with van der Waals surface area (Å²) in [4.78, 5) is 0. The van der Waals surface area contributed by atoms with Crippen LogP contribution in [0, 0.1) is 0 Å². The molecule has 0 aliphatic heterocycles. The maximum atomic E-state index is 7.28. The average molecular weight is 263 g/mol. The van der Waals surface area contributed by atoms with Gasteiger partial charge in [0.2, 0.25) is 0 Å². The minimum atomic E-state index is -1.91. The van der Waals surface area contributed by atoms with Crippen molar-refractivity contribution < 1.29 is 0 Å². The van der Waals surface area contributed by atoms with Gasteiger partial charge in [0.15, 0.2) is 0 Å². The van der Waals surface area contributed by atoms with Crippen LogP contribution in [0.15, 0.2) is 0 Å². The van der Waals surface area contributed by atoms with Crippen LogP contribution in [0.4, 0.5) is 0 Å². The van der Waals surface area contributed by atoms with Crippen LogP contribution in [0.3, 0.4) is 0 Å². The molecule has 2 aliphatic rings. The first-order valence-corrected chi connectivity index (χ1v) is 11.4. The van der Waals surface area contributed by atoms with E-state index in [9.17, 15) is 0 Å². The molecule has 2 fully saturated rings. The van der Waals surface area contributed by atoms with Crippen molar-refractivity contribution in [1.82, 2.24) is 0 Å². The fraction of sp³-hybridized carbons (Fsp3) is 1.00. The Morgan fingerprint density at radius 3 is 1.31 bits per heavy atom. The molecule has 0 aromatic rings. The van der Waals surface area contributed by atoms with Gasteiger partial charge in [0.25, 0.3) is 0 Å². The quantitative estimate of drug-likeness (QED) is 0.567. The molecule has 0 amide bonds. The van der Waals surface area contributed by atoms with E-state index < -0.39 is 5.96 Å². The van der Waals surface area contributed by atoms with E-state index in [0.717, 1.165) is 11.3 Å². The van der Waals surface area contributed by atoms with Crippen LogP contribution >= 0.6 is 17.2 Å². The molecule has 0 aromatic heterocycles. The van der Waals surface area contributed by atoms with Gasteiger partial charge in [-0.2, -0.15) is 0 Å². The summed E-state index contributed by atoms with van der Waals surface area (Å²) in [5.74, 6) is -1.91. The van der Waals surface area contributed by atoms with Crippen molar-refractivity contribution in [2.75, 3.05) is 13.3 Å². The molecule has 2 aliphatic carbocycles. The van der Waals surface area contributed by atoms with Gasteiger partial charge in [-0.1, -0.05) is 0 Å². The fourth-order valence-electron chi connectivity index (χ4n) is 3.99. The SMILES string of the molecule is CP(C)(Cl)(C1CCCCC1)C1CCCCC1. The molecule has 2 saturated carbocycles. The standard InChI is InChI=1S/C14H28ClP/c1-16(2,15,13-9-5-3-6-10-13)14-11-7-4-8-12-14/h13-14H,3-12H2,1-2H3. The molecule has 16 heavy (non-hydrogen) atoms. The van der Waals surface area contributed by atoms with Crippen molar-refractivity contribution in [3.63, 3.8) is 0 Å². The molecule has 0 N–H and O–H groups in total. The van der Waals surface area contributed by atoms with Crippen LogP contribution in [0.5, 0.6) is 0 Å². The maximum absolute atomic E-state index is 7.28. The Kier molecular flexibility index (Phi) is 3.92. The molecular weight excluding hydrogens is 235 g/mol. The second kappa shape index (κ2) is 4.77. The molecular formula is C14H28ClP. The van der Waals surface area contributed by atoms with E-state index in [4.69, 9.17) is 11.2 Å². The van der Waals surface area contributed by atoms with Gasteiger partial charge in [0, 0.05) is 0 Å². The van der Waals surface area contributed by atoms with Crippen LogP contribution in [-0.4, -0.2) is 24.6 Å². The van der Waals surface area contributed by atoms with E-state index in [0.29, 0.717) is 0 Å². The van der Waals surface area contributed by atoms with Gasteiger partial charge in [-0.25, -0.2) is 0 Å². The van der Waals surface area contributed by atoms with Gasteiger partial charge in [0.1, 0.15) is 0 Å². The average Bonchev–Trinajstić information content (AvgIpc) is 2.31. The Hall–Kier alpha value is 0.720. The third kappa shape index (κ3) is 2.59. The molecule has 0 spiro atoms. The van der Waals surface area contributed by atoms with Gasteiger partial charge < -0.3 is 0 Å². The van der Waals surface area contributed by atoms with Crippen LogP contribution in [-0.2, 0) is 0 Å². The van der Waals surface area contributed by atoms with Gasteiger partial charge in [-0.3, -0.25) is 0 Å². The molecule has 2 heteroatoms. The summed E-state index contributed by atoms with van der Waals surface area (Å²) < 4.78 is 0. The van der Waals surface area contributed by atoms with Crippen molar-refractivity contribution >= 4 is 17.2 Å². The van der Waals surface area contributed by atoms with Crippen LogP contribution in [0.25, 0.3) is 0 Å². The summed E-state index contributed by atoms with van der Waals surface area (Å²) in [6.07, 6.45) is 14.3. The molecule has 0 saturated heterocycles. The molecule has 0 nitrogen and oxygen atoms in total. The number of halogens is 1. The summed E-state index contributed by atoms with van der Waals surface area (Å²) in [6, 6.07) is 0. The van der Waals surface area contributed by atoms with E-state index in [2.05, 4.69) is 13.3 Å². The summed E-state index contributed by atoms with van der Waals surface area (Å²) in [5.41, 5.74) is 1.76. The fourth-order valence-corrected chi connectivity index (χ4v) is 9.54. The Morgan fingerprint density at radius 1 is 0.688 bits per heavy atom. The first-order valence-electron chi connectivity index (χ1n) is 7.21. The zero-order chi connectivity index (χ0) is 11.7. The first kappa shape index (κ1) is 13.2. The predicted molar refractivity (Wildman–Crippen MR) is 78.4 cm³/mol. The second-order valence-electron chi connectivity index (χ2n) is 6.75. The van der Waals surface area contributed by atoms with Crippen molar-refractivity contribution in [3.8, 4) is 0 Å². The molecule has 0 heterocycles. The normalized spacial score (nSPS) is 28.6. The number of rotatable bonds is 2. The van der Waals surface area contributed by atoms with E-state index >= 15 is 0 Å². The Labute approximate surface area is 106 Å². The molecule has 0 unspecified atom stereocenters. The van der Waals surface area contributed by atoms with Crippen LogP contribution in [0.1, 0.15) is 64.2 Å². The number of hydrogen-bond acceptors (Lipinski definition) is 0. The van der Waals surface area contributed by atoms with E-state index in [1.165, 1.54) is 64.2 Å². The van der Waals surface area contributed by atoms with Crippen molar-refractivity contribution in [2.45, 2.75) is 75.5 Å². The summed E-state index contributed by atoms with van der Waals surface area (Å²) in [6.45, 7) is 4.97. The third-order valence-corrected chi connectivity index (χ3v) is 12.3. The zero-order valence-corrected chi connectivity index (χ0v) is 12.7. The van der Waals surface area contributed by atoms with E-state index in [1.807, 2.05) is 0 Å². The minimum absolute atomic E-state index is 0.879. The molecule has 96 valence electrons.